The molecule has 43 heavy (non-hydrogen) atoms. The molecule has 1 fully saturated rings. The third-order valence-electron chi connectivity index (χ3n) is 7.92. The Morgan fingerprint density at radius 1 is 0.721 bits per heavy atom. The highest BCUT2D eigenvalue weighted by atomic mass is 16.2. The molecule has 0 saturated carbocycles. The molecule has 11 heteroatoms. The summed E-state index contributed by atoms with van der Waals surface area (Å²) in [6.07, 6.45) is 1.26. The second kappa shape index (κ2) is 15.9. The molecular formula is C32H60N6O5. The lowest BCUT2D eigenvalue weighted by Gasteiger charge is -2.37. The molecule has 0 aromatic rings. The molecule has 0 aliphatic carbocycles. The Balaban J connectivity index is 3.21. The van der Waals surface area contributed by atoms with Gasteiger partial charge in [0.2, 0.25) is 29.5 Å². The minimum atomic E-state index is -0.881. The second-order valence-corrected chi connectivity index (χ2v) is 14.7. The molecule has 5 atom stereocenters. The highest BCUT2D eigenvalue weighted by Gasteiger charge is 2.42. The molecule has 0 unspecified atom stereocenters. The van der Waals surface area contributed by atoms with Gasteiger partial charge in [-0.25, -0.2) is 0 Å². The summed E-state index contributed by atoms with van der Waals surface area (Å²) in [6, 6.07) is -3.59. The molecule has 1 aliphatic heterocycles. The van der Waals surface area contributed by atoms with Crippen LogP contribution in [-0.4, -0.2) is 108 Å². The SMILES string of the molecule is CC(C)[C@H](NC(=O)[C@H](C(C)C)N(C)C)C(=O)N(C)[C@H](C(=O)N[C@H](C(=O)N1CCC[C@H]1C(=O)NC(C)(C)C)C(C)C)C(C)C. The minimum Gasteiger partial charge on any atom is -0.350 e. The molecule has 11 nitrogen and oxygen atoms in total. The maximum Gasteiger partial charge on any atom is 0.246 e. The van der Waals surface area contributed by atoms with Crippen LogP contribution in [0, 0.1) is 23.7 Å². The van der Waals surface area contributed by atoms with Gasteiger partial charge in [-0.1, -0.05) is 55.4 Å². The van der Waals surface area contributed by atoms with Crippen molar-refractivity contribution in [3.05, 3.63) is 0 Å². The van der Waals surface area contributed by atoms with Crippen LogP contribution in [0.5, 0.6) is 0 Å². The fourth-order valence-electron chi connectivity index (χ4n) is 5.85. The molecule has 1 saturated heterocycles. The van der Waals surface area contributed by atoms with Crippen molar-refractivity contribution < 1.29 is 24.0 Å². The number of likely N-dealkylation sites (tertiary alicyclic amines) is 1. The number of carbonyl (C=O) groups excluding carboxylic acids is 5. The monoisotopic (exact) mass is 608 g/mol. The number of hydrogen-bond acceptors (Lipinski definition) is 6. The number of rotatable bonds is 13. The highest BCUT2D eigenvalue weighted by Crippen LogP contribution is 2.22. The Kier molecular flexibility index (Phi) is 14.1. The molecule has 1 heterocycles. The predicted molar refractivity (Wildman–Crippen MR) is 170 cm³/mol. The zero-order valence-corrected chi connectivity index (χ0v) is 29.2. The molecule has 248 valence electrons. The number of hydrogen-bond donors (Lipinski definition) is 3. The molecule has 3 N–H and O–H groups in total. The summed E-state index contributed by atoms with van der Waals surface area (Å²) < 4.78 is 0. The van der Waals surface area contributed by atoms with E-state index in [-0.39, 0.29) is 47.3 Å². The summed E-state index contributed by atoms with van der Waals surface area (Å²) >= 11 is 0. The van der Waals surface area contributed by atoms with E-state index >= 15 is 0 Å². The van der Waals surface area contributed by atoms with Crippen LogP contribution in [0.4, 0.5) is 0 Å². The number of carbonyl (C=O) groups is 5. The van der Waals surface area contributed by atoms with Gasteiger partial charge in [0.25, 0.3) is 0 Å². The number of nitrogens with zero attached hydrogens (tertiary/aromatic N) is 3. The molecule has 0 bridgehead atoms. The Morgan fingerprint density at radius 3 is 1.60 bits per heavy atom. The van der Waals surface area contributed by atoms with Crippen LogP contribution in [0.15, 0.2) is 0 Å². The lowest BCUT2D eigenvalue weighted by atomic mass is 9.95. The van der Waals surface area contributed by atoms with Crippen LogP contribution in [0.2, 0.25) is 0 Å². The fourth-order valence-corrected chi connectivity index (χ4v) is 5.85. The summed E-state index contributed by atoms with van der Waals surface area (Å²) in [4.78, 5) is 72.4. The molecule has 5 amide bonds. The van der Waals surface area contributed by atoms with E-state index in [0.717, 1.165) is 0 Å². The standard InChI is InChI=1S/C32H60N6O5/c1-18(2)23(33-28(40)25(20(5)6)36(12)13)30(42)37(14)26(21(7)8)29(41)34-24(19(3)4)31(43)38-17-15-16-22(38)27(39)35-32(9,10)11/h18-26H,15-17H2,1-14H3,(H,33,40)(H,34,41)(H,35,39)/t22-,23-,24-,25-,26-/m0/s1. The van der Waals surface area contributed by atoms with Crippen molar-refractivity contribution in [2.75, 3.05) is 27.7 Å². The normalized spacial score (nSPS) is 18.6. The second-order valence-electron chi connectivity index (χ2n) is 14.7. The predicted octanol–water partition coefficient (Wildman–Crippen LogP) is 2.24. The van der Waals surface area contributed by atoms with E-state index in [2.05, 4.69) is 16.0 Å². The van der Waals surface area contributed by atoms with E-state index in [1.165, 1.54) is 4.90 Å². The maximum absolute atomic E-state index is 13.8. The molecule has 1 rings (SSSR count). The van der Waals surface area contributed by atoms with Gasteiger partial charge in [-0.15, -0.1) is 0 Å². The van der Waals surface area contributed by atoms with Crippen molar-refractivity contribution in [3.8, 4) is 0 Å². The Hall–Kier alpha value is -2.69. The van der Waals surface area contributed by atoms with Crippen LogP contribution >= 0.6 is 0 Å². The van der Waals surface area contributed by atoms with Gasteiger partial charge in [-0.2, -0.15) is 0 Å². The smallest absolute Gasteiger partial charge is 0.246 e. The summed E-state index contributed by atoms with van der Waals surface area (Å²) in [5.74, 6) is -2.28. The topological polar surface area (TPSA) is 131 Å². The van der Waals surface area contributed by atoms with E-state index in [1.54, 1.807) is 11.9 Å². The molecule has 0 spiro atoms. The third kappa shape index (κ3) is 10.5. The number of likely N-dealkylation sites (N-methyl/N-ethyl adjacent to an activating group) is 2. The summed E-state index contributed by atoms with van der Waals surface area (Å²) in [5, 5.41) is 8.83. The van der Waals surface area contributed by atoms with Crippen LogP contribution in [0.25, 0.3) is 0 Å². The van der Waals surface area contributed by atoms with Crippen molar-refractivity contribution in [1.29, 1.82) is 0 Å². The van der Waals surface area contributed by atoms with Crippen molar-refractivity contribution in [1.82, 2.24) is 30.7 Å². The Labute approximate surface area is 260 Å². The highest BCUT2D eigenvalue weighted by molar-refractivity contribution is 5.96. The maximum atomic E-state index is 13.8. The van der Waals surface area contributed by atoms with Gasteiger partial charge >= 0.3 is 0 Å². The van der Waals surface area contributed by atoms with Gasteiger partial charge in [0, 0.05) is 19.1 Å². The fraction of sp³-hybridized carbons (Fsp3) is 0.844. The summed E-state index contributed by atoms with van der Waals surface area (Å²) in [6.45, 7) is 21.1. The van der Waals surface area contributed by atoms with Crippen LogP contribution < -0.4 is 16.0 Å². The van der Waals surface area contributed by atoms with Gasteiger partial charge in [0.15, 0.2) is 0 Å². The lowest BCUT2D eigenvalue weighted by Crippen LogP contribution is -2.62. The molecule has 0 radical (unpaired) electrons. The Bertz CT molecular complexity index is 979. The molecular weight excluding hydrogens is 548 g/mol. The van der Waals surface area contributed by atoms with Crippen LogP contribution in [0.1, 0.15) is 89.0 Å². The molecule has 1 aliphatic rings. The first kappa shape index (κ1) is 38.3. The largest absolute Gasteiger partial charge is 0.350 e. The van der Waals surface area contributed by atoms with Crippen molar-refractivity contribution in [2.45, 2.75) is 125 Å². The van der Waals surface area contributed by atoms with E-state index in [0.29, 0.717) is 19.4 Å². The van der Waals surface area contributed by atoms with Gasteiger partial charge in [0.05, 0.1) is 6.04 Å². The third-order valence-corrected chi connectivity index (χ3v) is 7.92. The first-order valence-electron chi connectivity index (χ1n) is 15.8. The van der Waals surface area contributed by atoms with Gasteiger partial charge in [-0.3, -0.25) is 28.9 Å². The van der Waals surface area contributed by atoms with Crippen molar-refractivity contribution >= 4 is 29.5 Å². The zero-order chi connectivity index (χ0) is 33.6. The van der Waals surface area contributed by atoms with Gasteiger partial charge in [0.1, 0.15) is 24.2 Å². The first-order chi connectivity index (χ1) is 19.6. The average molecular weight is 609 g/mol. The minimum absolute atomic E-state index is 0.0325. The van der Waals surface area contributed by atoms with Crippen molar-refractivity contribution in [2.24, 2.45) is 23.7 Å². The molecule has 0 aromatic heterocycles. The quantitative estimate of drug-likeness (QED) is 0.294. The lowest BCUT2D eigenvalue weighted by molar-refractivity contribution is -0.147. The first-order valence-corrected chi connectivity index (χ1v) is 15.8. The van der Waals surface area contributed by atoms with Crippen LogP contribution in [-0.2, 0) is 24.0 Å². The van der Waals surface area contributed by atoms with Crippen LogP contribution in [0.3, 0.4) is 0 Å². The Morgan fingerprint density at radius 2 is 1.19 bits per heavy atom. The number of nitrogens with one attached hydrogen (secondary N) is 3. The number of amides is 5. The van der Waals surface area contributed by atoms with E-state index in [9.17, 15) is 24.0 Å². The van der Waals surface area contributed by atoms with E-state index in [4.69, 9.17) is 0 Å². The van der Waals surface area contributed by atoms with E-state index < -0.39 is 41.7 Å². The average Bonchev–Trinajstić information content (AvgIpc) is 3.33. The van der Waals surface area contributed by atoms with Crippen molar-refractivity contribution in [3.63, 3.8) is 0 Å². The van der Waals surface area contributed by atoms with Gasteiger partial charge in [-0.05, 0) is 71.4 Å². The van der Waals surface area contributed by atoms with E-state index in [1.807, 2.05) is 95.2 Å². The zero-order valence-electron chi connectivity index (χ0n) is 29.2. The van der Waals surface area contributed by atoms with Gasteiger partial charge < -0.3 is 25.8 Å². The molecule has 0 aromatic carbocycles. The summed E-state index contributed by atoms with van der Waals surface area (Å²) in [7, 11) is 5.23. The summed E-state index contributed by atoms with van der Waals surface area (Å²) in [5.41, 5.74) is -0.433.